The van der Waals surface area contributed by atoms with Crippen molar-refractivity contribution in [3.05, 3.63) is 42.5 Å². The predicted molar refractivity (Wildman–Crippen MR) is 104 cm³/mol. The molecule has 7 nitrogen and oxygen atoms in total. The molecule has 142 valence electrons. The van der Waals surface area contributed by atoms with Gasteiger partial charge in [0.25, 0.3) is 0 Å². The minimum atomic E-state index is 0.388. The Bertz CT molecular complexity index is 887. The molecule has 0 saturated carbocycles. The van der Waals surface area contributed by atoms with Gasteiger partial charge in [-0.2, -0.15) is 0 Å². The summed E-state index contributed by atoms with van der Waals surface area (Å²) in [5, 5.41) is 0.709. The summed E-state index contributed by atoms with van der Waals surface area (Å²) in [6.45, 7) is 1.73. The summed E-state index contributed by atoms with van der Waals surface area (Å²) in [5.41, 5.74) is 7.78. The van der Waals surface area contributed by atoms with E-state index in [2.05, 4.69) is 9.97 Å². The van der Waals surface area contributed by atoms with Crippen molar-refractivity contribution in [1.82, 2.24) is 9.97 Å². The van der Waals surface area contributed by atoms with Crippen LogP contribution in [0.5, 0.6) is 11.5 Å². The highest BCUT2D eigenvalue weighted by atomic mass is 16.5. The lowest BCUT2D eigenvalue weighted by atomic mass is 10.1. The number of anilines is 1. The van der Waals surface area contributed by atoms with Crippen LogP contribution in [0.3, 0.4) is 0 Å². The third-order valence-electron chi connectivity index (χ3n) is 3.91. The summed E-state index contributed by atoms with van der Waals surface area (Å²) in [7, 11) is 3.25. The molecule has 0 spiro atoms. The summed E-state index contributed by atoms with van der Waals surface area (Å²) < 4.78 is 21.7. The number of nitrogens with zero attached hydrogens (tertiary/aromatic N) is 2. The van der Waals surface area contributed by atoms with Gasteiger partial charge in [-0.25, -0.2) is 9.97 Å². The molecule has 0 fully saturated rings. The van der Waals surface area contributed by atoms with E-state index in [-0.39, 0.29) is 0 Å². The molecule has 0 bridgehead atoms. The lowest BCUT2D eigenvalue weighted by molar-refractivity contribution is 0.132. The van der Waals surface area contributed by atoms with Crippen molar-refractivity contribution in [2.24, 2.45) is 0 Å². The Kier molecular flexibility index (Phi) is 6.40. The summed E-state index contributed by atoms with van der Waals surface area (Å²) in [6.07, 6.45) is 0. The number of ether oxygens (including phenoxy) is 4. The van der Waals surface area contributed by atoms with Gasteiger partial charge in [-0.05, 0) is 6.07 Å². The summed E-state index contributed by atoms with van der Waals surface area (Å²) >= 11 is 0. The fraction of sp³-hybridized carbons (Fsp3) is 0.300. The van der Waals surface area contributed by atoms with E-state index >= 15 is 0 Å². The van der Waals surface area contributed by atoms with Crippen LogP contribution in [0, 0.1) is 0 Å². The highest BCUT2D eigenvalue weighted by molar-refractivity contribution is 5.92. The SMILES string of the molecule is COCCOc1cc2nc(-c3ccccc3)nc(N)c2cc1OCCOC. The van der Waals surface area contributed by atoms with E-state index in [9.17, 15) is 0 Å². The lowest BCUT2D eigenvalue weighted by Crippen LogP contribution is -2.09. The average Bonchev–Trinajstić information content (AvgIpc) is 2.69. The Balaban J connectivity index is 2.01. The first-order valence-corrected chi connectivity index (χ1v) is 8.63. The monoisotopic (exact) mass is 369 g/mol. The van der Waals surface area contributed by atoms with Crippen LogP contribution in [0.1, 0.15) is 0 Å². The van der Waals surface area contributed by atoms with Crippen molar-refractivity contribution >= 4 is 16.7 Å². The number of nitrogens with two attached hydrogens (primary N) is 1. The molecule has 0 saturated heterocycles. The van der Waals surface area contributed by atoms with Crippen molar-refractivity contribution in [1.29, 1.82) is 0 Å². The van der Waals surface area contributed by atoms with Crippen LogP contribution in [0.4, 0.5) is 5.82 Å². The molecular weight excluding hydrogens is 346 g/mol. The van der Waals surface area contributed by atoms with Gasteiger partial charge in [0.05, 0.1) is 18.7 Å². The van der Waals surface area contributed by atoms with E-state index in [0.29, 0.717) is 60.5 Å². The average molecular weight is 369 g/mol. The zero-order valence-corrected chi connectivity index (χ0v) is 15.5. The Morgan fingerprint density at radius 2 is 1.44 bits per heavy atom. The van der Waals surface area contributed by atoms with Crippen molar-refractivity contribution in [3.63, 3.8) is 0 Å². The first kappa shape index (κ1) is 18.9. The van der Waals surface area contributed by atoms with E-state index in [1.807, 2.05) is 36.4 Å². The molecule has 0 unspecified atom stereocenters. The van der Waals surface area contributed by atoms with Crippen LogP contribution in [-0.4, -0.2) is 50.6 Å². The highest BCUT2D eigenvalue weighted by Gasteiger charge is 2.14. The fourth-order valence-electron chi connectivity index (χ4n) is 2.57. The van der Waals surface area contributed by atoms with Crippen LogP contribution < -0.4 is 15.2 Å². The molecule has 0 aliphatic carbocycles. The molecule has 2 aromatic carbocycles. The topological polar surface area (TPSA) is 88.7 Å². The standard InChI is InChI=1S/C20H23N3O4/c1-24-8-10-26-17-12-15-16(13-18(17)27-11-9-25-2)22-20(23-19(15)21)14-6-4-3-5-7-14/h3-7,12-13H,8-11H2,1-2H3,(H2,21,22,23). The second kappa shape index (κ2) is 9.16. The zero-order chi connectivity index (χ0) is 19.1. The molecule has 7 heteroatoms. The summed E-state index contributed by atoms with van der Waals surface area (Å²) in [6, 6.07) is 13.3. The van der Waals surface area contributed by atoms with Gasteiger partial charge < -0.3 is 24.7 Å². The molecule has 3 rings (SSSR count). The van der Waals surface area contributed by atoms with Crippen LogP contribution in [0.2, 0.25) is 0 Å². The minimum absolute atomic E-state index is 0.388. The number of nitrogen functional groups attached to an aromatic ring is 1. The van der Waals surface area contributed by atoms with Crippen LogP contribution >= 0.6 is 0 Å². The van der Waals surface area contributed by atoms with Gasteiger partial charge in [0.1, 0.15) is 19.0 Å². The van der Waals surface area contributed by atoms with E-state index in [1.54, 1.807) is 20.3 Å². The van der Waals surface area contributed by atoms with Gasteiger partial charge in [0.2, 0.25) is 0 Å². The first-order valence-electron chi connectivity index (χ1n) is 8.63. The van der Waals surface area contributed by atoms with Crippen LogP contribution in [-0.2, 0) is 9.47 Å². The maximum Gasteiger partial charge on any atom is 0.163 e. The van der Waals surface area contributed by atoms with Crippen molar-refractivity contribution in [2.45, 2.75) is 0 Å². The number of fused-ring (bicyclic) bond motifs is 1. The first-order chi connectivity index (χ1) is 13.2. The lowest BCUT2D eigenvalue weighted by Gasteiger charge is -2.14. The van der Waals surface area contributed by atoms with E-state index in [4.69, 9.17) is 24.7 Å². The second-order valence-electron chi connectivity index (χ2n) is 5.80. The van der Waals surface area contributed by atoms with Crippen LogP contribution in [0.15, 0.2) is 42.5 Å². The number of hydrogen-bond acceptors (Lipinski definition) is 7. The second-order valence-corrected chi connectivity index (χ2v) is 5.80. The summed E-state index contributed by atoms with van der Waals surface area (Å²) in [4.78, 5) is 9.09. The molecular formula is C20H23N3O4. The van der Waals surface area contributed by atoms with E-state index in [0.717, 1.165) is 5.56 Å². The number of aromatic nitrogens is 2. The zero-order valence-electron chi connectivity index (χ0n) is 15.5. The van der Waals surface area contributed by atoms with E-state index in [1.165, 1.54) is 0 Å². The molecule has 0 aliphatic heterocycles. The van der Waals surface area contributed by atoms with Gasteiger partial charge >= 0.3 is 0 Å². The Labute approximate surface area is 158 Å². The van der Waals surface area contributed by atoms with Crippen LogP contribution in [0.25, 0.3) is 22.3 Å². The predicted octanol–water partition coefficient (Wildman–Crippen LogP) is 2.93. The molecule has 0 radical (unpaired) electrons. The van der Waals surface area contributed by atoms with Gasteiger partial charge in [0.15, 0.2) is 17.3 Å². The van der Waals surface area contributed by atoms with Crippen molar-refractivity contribution < 1.29 is 18.9 Å². The molecule has 1 aromatic heterocycles. The van der Waals surface area contributed by atoms with Gasteiger partial charge in [-0.1, -0.05) is 30.3 Å². The van der Waals surface area contributed by atoms with E-state index < -0.39 is 0 Å². The summed E-state index contributed by atoms with van der Waals surface area (Å²) in [5.74, 6) is 2.10. The Hall–Kier alpha value is -2.90. The maximum atomic E-state index is 6.20. The normalized spacial score (nSPS) is 10.9. The molecule has 27 heavy (non-hydrogen) atoms. The highest BCUT2D eigenvalue weighted by Crippen LogP contribution is 2.34. The third kappa shape index (κ3) is 4.64. The third-order valence-corrected chi connectivity index (χ3v) is 3.91. The fourth-order valence-corrected chi connectivity index (χ4v) is 2.57. The molecule has 1 heterocycles. The Morgan fingerprint density at radius 1 is 0.815 bits per heavy atom. The molecule has 0 atom stereocenters. The number of benzene rings is 2. The molecule has 3 aromatic rings. The van der Waals surface area contributed by atoms with Gasteiger partial charge in [-0.15, -0.1) is 0 Å². The molecule has 2 N–H and O–H groups in total. The quantitative estimate of drug-likeness (QED) is 0.580. The largest absolute Gasteiger partial charge is 0.487 e. The van der Waals surface area contributed by atoms with Crippen molar-refractivity contribution in [3.8, 4) is 22.9 Å². The number of rotatable bonds is 9. The maximum absolute atomic E-state index is 6.20. The molecule has 0 aliphatic rings. The Morgan fingerprint density at radius 3 is 2.07 bits per heavy atom. The smallest absolute Gasteiger partial charge is 0.163 e. The molecule has 0 amide bonds. The van der Waals surface area contributed by atoms with Gasteiger partial charge in [-0.3, -0.25) is 0 Å². The number of methoxy groups -OCH3 is 2. The minimum Gasteiger partial charge on any atom is -0.487 e. The van der Waals surface area contributed by atoms with Gasteiger partial charge in [0, 0.05) is 31.2 Å². The number of hydrogen-bond donors (Lipinski definition) is 1. The van der Waals surface area contributed by atoms with Crippen molar-refractivity contribution in [2.75, 3.05) is 46.4 Å².